The van der Waals surface area contributed by atoms with Gasteiger partial charge in [0.05, 0.1) is 5.37 Å². The van der Waals surface area contributed by atoms with Gasteiger partial charge in [0.1, 0.15) is 0 Å². The molecule has 0 aromatic rings. The first kappa shape index (κ1) is 10.5. The maximum atomic E-state index is 2.64. The molecule has 0 saturated carbocycles. The second kappa shape index (κ2) is 4.69. The van der Waals surface area contributed by atoms with Gasteiger partial charge in [-0.05, 0) is 24.8 Å². The van der Waals surface area contributed by atoms with E-state index < -0.39 is 0 Å². The molecule has 0 aliphatic carbocycles. The Hall–Kier alpha value is 0.01000. The first-order chi connectivity index (χ1) is 6.79. The first-order valence-electron chi connectivity index (χ1n) is 5.59. The maximum absolute atomic E-state index is 2.64. The second-order valence-corrected chi connectivity index (χ2v) is 5.52. The van der Waals surface area contributed by atoms with Crippen LogP contribution in [0.4, 0.5) is 0 Å². The Balaban J connectivity index is 1.79. The van der Waals surface area contributed by atoms with E-state index in [9.17, 15) is 0 Å². The molecule has 0 spiro atoms. The highest BCUT2D eigenvalue weighted by Crippen LogP contribution is 2.34. The van der Waals surface area contributed by atoms with Crippen molar-refractivity contribution >= 4 is 11.8 Å². The lowest BCUT2D eigenvalue weighted by atomic mass is 10.3. The molecule has 1 saturated heterocycles. The Kier molecular flexibility index (Phi) is 3.52. The van der Waals surface area contributed by atoms with Gasteiger partial charge in [0.2, 0.25) is 0 Å². The molecule has 3 heteroatoms. The Morgan fingerprint density at radius 3 is 2.57 bits per heavy atom. The summed E-state index contributed by atoms with van der Waals surface area (Å²) in [6, 6.07) is 0. The van der Waals surface area contributed by atoms with Gasteiger partial charge in [-0.1, -0.05) is 13.0 Å². The lowest BCUT2D eigenvalue weighted by Gasteiger charge is -2.37. The minimum absolute atomic E-state index is 0.744. The van der Waals surface area contributed by atoms with Crippen molar-refractivity contribution in [1.29, 1.82) is 0 Å². The van der Waals surface area contributed by atoms with E-state index in [4.69, 9.17) is 0 Å². The zero-order valence-corrected chi connectivity index (χ0v) is 10.0. The number of hydrogen-bond acceptors (Lipinski definition) is 3. The van der Waals surface area contributed by atoms with Crippen molar-refractivity contribution in [3.05, 3.63) is 11.0 Å². The second-order valence-electron chi connectivity index (χ2n) is 4.09. The molecule has 14 heavy (non-hydrogen) atoms. The van der Waals surface area contributed by atoms with Crippen LogP contribution in [0, 0.1) is 0 Å². The largest absolute Gasteiger partial charge is 0.301 e. The van der Waals surface area contributed by atoms with Crippen LogP contribution in [0.1, 0.15) is 20.3 Å². The molecule has 0 aromatic heterocycles. The molecule has 2 rings (SSSR count). The van der Waals surface area contributed by atoms with E-state index in [2.05, 4.69) is 29.7 Å². The van der Waals surface area contributed by atoms with Gasteiger partial charge >= 0.3 is 0 Å². The van der Waals surface area contributed by atoms with Crippen LogP contribution < -0.4 is 0 Å². The maximum Gasteiger partial charge on any atom is 0.0637 e. The van der Waals surface area contributed by atoms with Gasteiger partial charge in [-0.25, -0.2) is 0 Å². The summed E-state index contributed by atoms with van der Waals surface area (Å²) in [5.41, 5.74) is 0. The van der Waals surface area contributed by atoms with Crippen molar-refractivity contribution in [2.75, 3.05) is 32.7 Å². The van der Waals surface area contributed by atoms with Gasteiger partial charge < -0.3 is 4.90 Å². The molecule has 2 aliphatic rings. The molecule has 80 valence electrons. The van der Waals surface area contributed by atoms with Gasteiger partial charge in [0.25, 0.3) is 0 Å². The molecule has 0 radical (unpaired) electrons. The van der Waals surface area contributed by atoms with Crippen LogP contribution in [0.5, 0.6) is 0 Å². The molecule has 0 amide bonds. The lowest BCUT2D eigenvalue weighted by molar-refractivity contribution is 0.130. The average molecular weight is 212 g/mol. The molecule has 1 atom stereocenters. The summed E-state index contributed by atoms with van der Waals surface area (Å²) in [6.07, 6.45) is 3.63. The predicted molar refractivity (Wildman–Crippen MR) is 63.4 cm³/mol. The standard InChI is InChI=1S/C11H20N2S/c1-3-12-6-8-13(9-7-12)11-5-4-10(2)14-11/h4,11H,3,5-9H2,1-2H3. The molecule has 0 N–H and O–H groups in total. The lowest BCUT2D eigenvalue weighted by Crippen LogP contribution is -2.48. The number of likely N-dealkylation sites (N-methyl/N-ethyl adjacent to an activating group) is 1. The SMILES string of the molecule is CCN1CCN(C2CC=C(C)S2)CC1. The molecular weight excluding hydrogens is 192 g/mol. The predicted octanol–water partition coefficient (Wildman–Crippen LogP) is 1.99. The van der Waals surface area contributed by atoms with Crippen molar-refractivity contribution in [1.82, 2.24) is 9.80 Å². The van der Waals surface area contributed by atoms with Crippen molar-refractivity contribution in [2.24, 2.45) is 0 Å². The van der Waals surface area contributed by atoms with E-state index in [1.54, 1.807) is 0 Å². The zero-order valence-electron chi connectivity index (χ0n) is 9.20. The smallest absolute Gasteiger partial charge is 0.0637 e. The number of thioether (sulfide) groups is 1. The minimum atomic E-state index is 0.744. The molecule has 2 heterocycles. The summed E-state index contributed by atoms with van der Waals surface area (Å²) in [6.45, 7) is 10.7. The number of piperazine rings is 1. The highest BCUT2D eigenvalue weighted by atomic mass is 32.2. The third kappa shape index (κ3) is 2.33. The monoisotopic (exact) mass is 212 g/mol. The first-order valence-corrected chi connectivity index (χ1v) is 6.47. The molecule has 2 aliphatic heterocycles. The van der Waals surface area contributed by atoms with E-state index in [0.29, 0.717) is 0 Å². The van der Waals surface area contributed by atoms with Crippen molar-refractivity contribution in [3.63, 3.8) is 0 Å². The fourth-order valence-corrected chi connectivity index (χ4v) is 3.34. The number of allylic oxidation sites excluding steroid dienone is 1. The van der Waals surface area contributed by atoms with E-state index in [1.807, 2.05) is 11.8 Å². The number of hydrogen-bond donors (Lipinski definition) is 0. The van der Waals surface area contributed by atoms with E-state index in [-0.39, 0.29) is 0 Å². The fourth-order valence-electron chi connectivity index (χ4n) is 2.17. The Morgan fingerprint density at radius 2 is 2.07 bits per heavy atom. The topological polar surface area (TPSA) is 6.48 Å². The number of rotatable bonds is 2. The van der Waals surface area contributed by atoms with Gasteiger partial charge in [0.15, 0.2) is 0 Å². The Labute approximate surface area is 91.3 Å². The highest BCUT2D eigenvalue weighted by Gasteiger charge is 2.25. The molecule has 1 unspecified atom stereocenters. The summed E-state index contributed by atoms with van der Waals surface area (Å²) >= 11 is 2.05. The van der Waals surface area contributed by atoms with Gasteiger partial charge in [-0.2, -0.15) is 0 Å². The summed E-state index contributed by atoms with van der Waals surface area (Å²) in [4.78, 5) is 6.69. The Morgan fingerprint density at radius 1 is 1.36 bits per heavy atom. The van der Waals surface area contributed by atoms with Crippen molar-refractivity contribution < 1.29 is 0 Å². The van der Waals surface area contributed by atoms with Crippen LogP contribution in [-0.2, 0) is 0 Å². The Bertz CT molecular complexity index is 219. The molecule has 2 nitrogen and oxygen atoms in total. The van der Waals surface area contributed by atoms with Crippen LogP contribution in [0.25, 0.3) is 0 Å². The molecule has 0 bridgehead atoms. The van der Waals surface area contributed by atoms with Crippen molar-refractivity contribution in [2.45, 2.75) is 25.6 Å². The van der Waals surface area contributed by atoms with Crippen LogP contribution in [0.15, 0.2) is 11.0 Å². The minimum Gasteiger partial charge on any atom is -0.301 e. The normalized spacial score (nSPS) is 30.7. The summed E-state index contributed by atoms with van der Waals surface area (Å²) in [7, 11) is 0. The van der Waals surface area contributed by atoms with Gasteiger partial charge in [0, 0.05) is 26.2 Å². The quantitative estimate of drug-likeness (QED) is 0.691. The zero-order chi connectivity index (χ0) is 9.97. The van der Waals surface area contributed by atoms with Crippen LogP contribution in [0.3, 0.4) is 0 Å². The van der Waals surface area contributed by atoms with Crippen molar-refractivity contribution in [3.8, 4) is 0 Å². The third-order valence-corrected chi connectivity index (χ3v) is 4.49. The van der Waals surface area contributed by atoms with E-state index in [1.165, 1.54) is 44.0 Å². The van der Waals surface area contributed by atoms with E-state index in [0.717, 1.165) is 5.37 Å². The summed E-state index contributed by atoms with van der Waals surface area (Å²) in [5.74, 6) is 0. The van der Waals surface area contributed by atoms with Crippen LogP contribution in [-0.4, -0.2) is 47.9 Å². The highest BCUT2D eigenvalue weighted by molar-refractivity contribution is 8.03. The van der Waals surface area contributed by atoms with Crippen LogP contribution >= 0.6 is 11.8 Å². The van der Waals surface area contributed by atoms with Gasteiger partial charge in [-0.3, -0.25) is 4.90 Å². The molecule has 0 aromatic carbocycles. The fraction of sp³-hybridized carbons (Fsp3) is 0.818. The number of nitrogens with zero attached hydrogens (tertiary/aromatic N) is 2. The van der Waals surface area contributed by atoms with Gasteiger partial charge in [-0.15, -0.1) is 11.8 Å². The molecular formula is C11H20N2S. The van der Waals surface area contributed by atoms with E-state index >= 15 is 0 Å². The average Bonchev–Trinajstić information content (AvgIpc) is 2.65. The van der Waals surface area contributed by atoms with Crippen LogP contribution in [0.2, 0.25) is 0 Å². The summed E-state index contributed by atoms with van der Waals surface area (Å²) < 4.78 is 0. The third-order valence-electron chi connectivity index (χ3n) is 3.19. The molecule has 1 fully saturated rings. The summed E-state index contributed by atoms with van der Waals surface area (Å²) in [5, 5.41) is 0.744.